The zero-order valence-electron chi connectivity index (χ0n) is 17.1. The van der Waals surface area contributed by atoms with Gasteiger partial charge in [-0.1, -0.05) is 30.3 Å². The number of hydrogen-bond acceptors (Lipinski definition) is 2. The minimum atomic E-state index is -0.171. The van der Waals surface area contributed by atoms with E-state index in [0.717, 1.165) is 44.0 Å². The molecule has 2 N–H and O–H groups in total. The lowest BCUT2D eigenvalue weighted by molar-refractivity contribution is 0.460. The van der Waals surface area contributed by atoms with Gasteiger partial charge in [0.1, 0.15) is 5.82 Å². The van der Waals surface area contributed by atoms with Crippen LogP contribution in [0, 0.1) is 12.7 Å². The van der Waals surface area contributed by atoms with Gasteiger partial charge >= 0.3 is 0 Å². The predicted octanol–water partition coefficient (Wildman–Crippen LogP) is 4.44. The van der Waals surface area contributed by atoms with Crippen LogP contribution in [0.2, 0.25) is 0 Å². The first kappa shape index (κ1) is 21.9. The van der Waals surface area contributed by atoms with Crippen LogP contribution >= 0.6 is 24.0 Å². The highest BCUT2D eigenvalue weighted by Crippen LogP contribution is 2.42. The third kappa shape index (κ3) is 5.41. The normalized spacial score (nSPS) is 22.0. The third-order valence-corrected chi connectivity index (χ3v) is 5.93. The molecule has 0 amide bonds. The quantitative estimate of drug-likeness (QED) is 0.365. The summed E-state index contributed by atoms with van der Waals surface area (Å²) in [5.74, 6) is 1.30. The van der Waals surface area contributed by atoms with E-state index in [1.165, 1.54) is 17.2 Å². The lowest BCUT2D eigenvalue weighted by Gasteiger charge is -2.34. The summed E-state index contributed by atoms with van der Waals surface area (Å²) in [6, 6.07) is 16.4. The van der Waals surface area contributed by atoms with Gasteiger partial charge in [-0.2, -0.15) is 0 Å². The van der Waals surface area contributed by atoms with E-state index in [-0.39, 0.29) is 29.8 Å². The largest absolute Gasteiger partial charge is 0.371 e. The van der Waals surface area contributed by atoms with E-state index >= 15 is 0 Å². The molecule has 0 spiro atoms. The average molecular weight is 508 g/mol. The van der Waals surface area contributed by atoms with E-state index < -0.39 is 0 Å². The molecular formula is C23H30FIN4. The first-order valence-corrected chi connectivity index (χ1v) is 10.2. The molecule has 6 heteroatoms. The van der Waals surface area contributed by atoms with Crippen LogP contribution in [0.25, 0.3) is 0 Å². The summed E-state index contributed by atoms with van der Waals surface area (Å²) in [4.78, 5) is 6.69. The standard InChI is InChI=1S/C23H29FN4.HI/c1-16-6-3-4-9-20(16)21-15-22(21)27-23(25-2)26-18-10-12-28(13-11-18)19-8-5-7-17(24)14-19;/h3-9,14,18,21-22H,10-13,15H2,1-2H3,(H2,25,26,27);1H. The van der Waals surface area contributed by atoms with Crippen LogP contribution in [0.5, 0.6) is 0 Å². The van der Waals surface area contributed by atoms with Crippen LogP contribution in [0.1, 0.15) is 36.3 Å². The van der Waals surface area contributed by atoms with Crippen molar-refractivity contribution >= 4 is 35.6 Å². The van der Waals surface area contributed by atoms with E-state index in [9.17, 15) is 4.39 Å². The van der Waals surface area contributed by atoms with Gasteiger partial charge in [0.05, 0.1) is 0 Å². The molecule has 4 rings (SSSR count). The van der Waals surface area contributed by atoms with Gasteiger partial charge in [0.2, 0.25) is 0 Å². The molecule has 1 aliphatic carbocycles. The van der Waals surface area contributed by atoms with Crippen molar-refractivity contribution in [2.75, 3.05) is 25.0 Å². The molecule has 1 saturated carbocycles. The van der Waals surface area contributed by atoms with Crippen LogP contribution in [0.4, 0.5) is 10.1 Å². The van der Waals surface area contributed by atoms with Gasteiger partial charge in [0, 0.05) is 43.8 Å². The first-order chi connectivity index (χ1) is 13.6. The number of nitrogens with one attached hydrogen (secondary N) is 2. The number of aryl methyl sites for hydroxylation is 1. The maximum Gasteiger partial charge on any atom is 0.191 e. The molecule has 2 aromatic carbocycles. The van der Waals surface area contributed by atoms with Crippen LogP contribution < -0.4 is 15.5 Å². The molecule has 0 radical (unpaired) electrons. The summed E-state index contributed by atoms with van der Waals surface area (Å²) in [5, 5.41) is 7.17. The Bertz CT molecular complexity index is 848. The number of halogens is 2. The summed E-state index contributed by atoms with van der Waals surface area (Å²) < 4.78 is 13.5. The molecule has 1 heterocycles. The lowest BCUT2D eigenvalue weighted by atomic mass is 10.0. The van der Waals surface area contributed by atoms with Gasteiger partial charge in [-0.15, -0.1) is 24.0 Å². The topological polar surface area (TPSA) is 39.7 Å². The molecule has 1 aliphatic heterocycles. The fourth-order valence-corrected chi connectivity index (χ4v) is 4.20. The van der Waals surface area contributed by atoms with Crippen molar-refractivity contribution in [1.29, 1.82) is 0 Å². The molecule has 0 aromatic heterocycles. The SMILES string of the molecule is CN=C(NC1CCN(c2cccc(F)c2)CC1)NC1CC1c1ccccc1C.I. The highest BCUT2D eigenvalue weighted by molar-refractivity contribution is 14.0. The second-order valence-corrected chi connectivity index (χ2v) is 7.91. The summed E-state index contributed by atoms with van der Waals surface area (Å²) in [7, 11) is 1.84. The summed E-state index contributed by atoms with van der Waals surface area (Å²) >= 11 is 0. The number of piperidine rings is 1. The molecule has 1 saturated heterocycles. The van der Waals surface area contributed by atoms with Crippen LogP contribution in [-0.2, 0) is 0 Å². The van der Waals surface area contributed by atoms with Crippen molar-refractivity contribution in [3.63, 3.8) is 0 Å². The van der Waals surface area contributed by atoms with E-state index in [2.05, 4.69) is 51.7 Å². The van der Waals surface area contributed by atoms with E-state index in [1.54, 1.807) is 12.1 Å². The minimum Gasteiger partial charge on any atom is -0.371 e. The summed E-state index contributed by atoms with van der Waals surface area (Å²) in [6.07, 6.45) is 3.19. The number of benzene rings is 2. The number of aliphatic imine (C=N–C) groups is 1. The van der Waals surface area contributed by atoms with Crippen molar-refractivity contribution in [1.82, 2.24) is 10.6 Å². The molecule has 2 aliphatic rings. The molecule has 29 heavy (non-hydrogen) atoms. The zero-order chi connectivity index (χ0) is 19.5. The molecule has 0 bridgehead atoms. The predicted molar refractivity (Wildman–Crippen MR) is 129 cm³/mol. The van der Waals surface area contributed by atoms with Crippen molar-refractivity contribution in [3.8, 4) is 0 Å². The second-order valence-electron chi connectivity index (χ2n) is 7.91. The van der Waals surface area contributed by atoms with Gasteiger partial charge in [-0.05, 0) is 55.5 Å². The Kier molecular flexibility index (Phi) is 7.38. The number of nitrogens with zero attached hydrogens (tertiary/aromatic N) is 2. The Hall–Kier alpha value is -1.83. The number of anilines is 1. The Morgan fingerprint density at radius 1 is 1.07 bits per heavy atom. The van der Waals surface area contributed by atoms with Crippen LogP contribution in [-0.4, -0.2) is 38.2 Å². The van der Waals surface area contributed by atoms with Crippen LogP contribution in [0.15, 0.2) is 53.5 Å². The minimum absolute atomic E-state index is 0. The van der Waals surface area contributed by atoms with E-state index in [1.807, 2.05) is 13.1 Å². The van der Waals surface area contributed by atoms with Crippen molar-refractivity contribution < 1.29 is 4.39 Å². The van der Waals surface area contributed by atoms with Crippen molar-refractivity contribution in [2.24, 2.45) is 4.99 Å². The molecule has 2 unspecified atom stereocenters. The lowest BCUT2D eigenvalue weighted by Crippen LogP contribution is -2.49. The van der Waals surface area contributed by atoms with Gasteiger partial charge in [0.15, 0.2) is 5.96 Å². The smallest absolute Gasteiger partial charge is 0.191 e. The first-order valence-electron chi connectivity index (χ1n) is 10.2. The third-order valence-electron chi connectivity index (χ3n) is 5.93. The van der Waals surface area contributed by atoms with Gasteiger partial charge in [-0.3, -0.25) is 4.99 Å². The fraction of sp³-hybridized carbons (Fsp3) is 0.435. The van der Waals surface area contributed by atoms with Gasteiger partial charge in [0.25, 0.3) is 0 Å². The highest BCUT2D eigenvalue weighted by atomic mass is 127. The zero-order valence-corrected chi connectivity index (χ0v) is 19.4. The molecule has 2 atom stereocenters. The Morgan fingerprint density at radius 3 is 2.52 bits per heavy atom. The summed E-state index contributed by atoms with van der Waals surface area (Å²) in [5.41, 5.74) is 3.78. The number of guanidine groups is 1. The van der Waals surface area contributed by atoms with Gasteiger partial charge < -0.3 is 15.5 Å². The maximum absolute atomic E-state index is 13.5. The monoisotopic (exact) mass is 508 g/mol. The Balaban J connectivity index is 0.00000240. The molecule has 2 aromatic rings. The molecule has 4 nitrogen and oxygen atoms in total. The Labute approximate surface area is 190 Å². The second kappa shape index (κ2) is 9.78. The average Bonchev–Trinajstić information content (AvgIpc) is 3.47. The van der Waals surface area contributed by atoms with E-state index in [4.69, 9.17) is 0 Å². The highest BCUT2D eigenvalue weighted by Gasteiger charge is 2.39. The Morgan fingerprint density at radius 2 is 1.83 bits per heavy atom. The van der Waals surface area contributed by atoms with Gasteiger partial charge in [-0.25, -0.2) is 4.39 Å². The fourth-order valence-electron chi connectivity index (χ4n) is 4.20. The maximum atomic E-state index is 13.5. The molecule has 156 valence electrons. The van der Waals surface area contributed by atoms with Crippen molar-refractivity contribution in [3.05, 3.63) is 65.5 Å². The molecular weight excluding hydrogens is 478 g/mol. The molecule has 2 fully saturated rings. The number of rotatable bonds is 4. The van der Waals surface area contributed by atoms with Crippen LogP contribution in [0.3, 0.4) is 0 Å². The van der Waals surface area contributed by atoms with Crippen molar-refractivity contribution in [2.45, 2.75) is 44.2 Å². The van der Waals surface area contributed by atoms with E-state index in [0.29, 0.717) is 18.0 Å². The summed E-state index contributed by atoms with van der Waals surface area (Å²) in [6.45, 7) is 4.03. The number of hydrogen-bond donors (Lipinski definition) is 2.